The van der Waals surface area contributed by atoms with E-state index in [-0.39, 0.29) is 0 Å². The summed E-state index contributed by atoms with van der Waals surface area (Å²) in [6, 6.07) is 0. The number of nitrogens with one attached hydrogen (secondary N) is 1. The molecule has 1 N–H and O–H groups in total. The highest BCUT2D eigenvalue weighted by Crippen LogP contribution is 1.99. The van der Waals surface area contributed by atoms with Crippen molar-refractivity contribution in [1.82, 2.24) is 10.2 Å². The highest BCUT2D eigenvalue weighted by molar-refractivity contribution is 7.13. The first-order valence-corrected chi connectivity index (χ1v) is 2.58. The topological polar surface area (TPSA) is 15.3 Å². The van der Waals surface area contributed by atoms with E-state index in [0.717, 1.165) is 5.70 Å². The molecular formula is C4H11N2P. The summed E-state index contributed by atoms with van der Waals surface area (Å²) in [7, 11) is 4.31. The van der Waals surface area contributed by atoms with Gasteiger partial charge in [0.2, 0.25) is 0 Å². The molecule has 42 valence electrons. The van der Waals surface area contributed by atoms with Gasteiger partial charge in [-0.2, -0.15) is 0 Å². The largest absolute Gasteiger partial charge is 0.299 e. The lowest BCUT2D eigenvalue weighted by Gasteiger charge is -2.15. The lowest BCUT2D eigenvalue weighted by atomic mass is 10.6. The average Bonchev–Trinajstić information content (AvgIpc) is 1.65. The summed E-state index contributed by atoms with van der Waals surface area (Å²) >= 11 is 0. The number of allylic oxidation sites excluding steroid dienone is 1. The second-order valence-electron chi connectivity index (χ2n) is 1.33. The molecule has 0 saturated carbocycles. The Morgan fingerprint density at radius 3 is 2.29 bits per heavy atom. The summed E-state index contributed by atoms with van der Waals surface area (Å²) in [5, 5.41) is 0. The Kier molecular flexibility index (Phi) is 2.97. The first kappa shape index (κ1) is 6.93. The van der Waals surface area contributed by atoms with Crippen LogP contribution in [-0.2, 0) is 0 Å². The fourth-order valence-electron chi connectivity index (χ4n) is 0.191. The van der Waals surface area contributed by atoms with Crippen molar-refractivity contribution < 1.29 is 0 Å². The lowest BCUT2D eigenvalue weighted by Crippen LogP contribution is -2.21. The van der Waals surface area contributed by atoms with E-state index in [1.807, 2.05) is 14.0 Å². The van der Waals surface area contributed by atoms with Crippen molar-refractivity contribution >= 4 is 9.39 Å². The van der Waals surface area contributed by atoms with Crippen LogP contribution in [0.15, 0.2) is 12.3 Å². The highest BCUT2D eigenvalue weighted by atomic mass is 31.0. The molecule has 0 heterocycles. The summed E-state index contributed by atoms with van der Waals surface area (Å²) < 4.78 is 1.76. The van der Waals surface area contributed by atoms with Crippen LogP contribution in [0.5, 0.6) is 0 Å². The van der Waals surface area contributed by atoms with E-state index in [9.17, 15) is 0 Å². The summed E-state index contributed by atoms with van der Waals surface area (Å²) in [6.45, 7) is 5.59. The quantitative estimate of drug-likeness (QED) is 0.425. The smallest absolute Gasteiger partial charge is 0.0226 e. The van der Waals surface area contributed by atoms with Gasteiger partial charge in [0, 0.05) is 12.7 Å². The molecular weight excluding hydrogens is 107 g/mol. The van der Waals surface area contributed by atoms with Gasteiger partial charge in [-0.25, -0.2) is 5.43 Å². The minimum absolute atomic E-state index is 0.979. The molecule has 0 aromatic carbocycles. The van der Waals surface area contributed by atoms with Gasteiger partial charge in [-0.15, -0.1) is 0 Å². The monoisotopic (exact) mass is 118 g/mol. The van der Waals surface area contributed by atoms with E-state index in [4.69, 9.17) is 0 Å². The molecule has 1 unspecified atom stereocenters. The minimum atomic E-state index is 0.979. The van der Waals surface area contributed by atoms with Gasteiger partial charge in [0.25, 0.3) is 0 Å². The summed E-state index contributed by atoms with van der Waals surface area (Å²) in [5.74, 6) is 0. The van der Waals surface area contributed by atoms with Gasteiger partial charge in [0.1, 0.15) is 0 Å². The molecule has 0 rings (SSSR count). The van der Waals surface area contributed by atoms with Crippen molar-refractivity contribution in [3.63, 3.8) is 0 Å². The van der Waals surface area contributed by atoms with Gasteiger partial charge in [-0.3, -0.25) is 4.78 Å². The fourth-order valence-corrected chi connectivity index (χ4v) is 0.191. The normalized spacial score (nSPS) is 8.43. The van der Waals surface area contributed by atoms with Crippen molar-refractivity contribution in [2.75, 3.05) is 7.05 Å². The van der Waals surface area contributed by atoms with Crippen LogP contribution in [-0.4, -0.2) is 11.8 Å². The number of hydrogen-bond acceptors (Lipinski definition) is 2. The van der Waals surface area contributed by atoms with Gasteiger partial charge in [-0.05, 0) is 16.3 Å². The Balaban J connectivity index is 3.34. The third-order valence-electron chi connectivity index (χ3n) is 0.652. The second kappa shape index (κ2) is 3.00. The first-order chi connectivity index (χ1) is 3.18. The first-order valence-electron chi connectivity index (χ1n) is 2.06. The average molecular weight is 118 g/mol. The molecule has 0 saturated heterocycles. The molecule has 0 fully saturated rings. The molecule has 0 radical (unpaired) electrons. The Hall–Kier alpha value is -0.0700. The van der Waals surface area contributed by atoms with E-state index < -0.39 is 0 Å². The van der Waals surface area contributed by atoms with Crippen molar-refractivity contribution in [1.29, 1.82) is 0 Å². The van der Waals surface area contributed by atoms with E-state index >= 15 is 0 Å². The van der Waals surface area contributed by atoms with Gasteiger partial charge >= 0.3 is 0 Å². The molecule has 0 aliphatic heterocycles. The Morgan fingerprint density at radius 1 is 1.86 bits per heavy atom. The van der Waals surface area contributed by atoms with E-state index in [1.54, 1.807) is 4.78 Å². The van der Waals surface area contributed by atoms with Crippen molar-refractivity contribution in [2.45, 2.75) is 6.92 Å². The molecule has 3 heteroatoms. The molecule has 0 aliphatic carbocycles. The van der Waals surface area contributed by atoms with Crippen LogP contribution >= 0.6 is 9.39 Å². The van der Waals surface area contributed by atoms with Gasteiger partial charge in [0.15, 0.2) is 0 Å². The van der Waals surface area contributed by atoms with Crippen molar-refractivity contribution in [3.05, 3.63) is 12.3 Å². The van der Waals surface area contributed by atoms with Crippen molar-refractivity contribution in [2.24, 2.45) is 0 Å². The molecule has 0 amide bonds. The van der Waals surface area contributed by atoms with E-state index in [2.05, 4.69) is 21.4 Å². The molecule has 0 aromatic rings. The molecule has 0 bridgehead atoms. The minimum Gasteiger partial charge on any atom is -0.299 e. The third kappa shape index (κ3) is 2.60. The predicted molar refractivity (Wildman–Crippen MR) is 35.4 cm³/mol. The van der Waals surface area contributed by atoms with E-state index in [1.165, 1.54) is 0 Å². The van der Waals surface area contributed by atoms with Crippen LogP contribution in [0, 0.1) is 0 Å². The molecule has 0 aromatic heterocycles. The Labute approximate surface area is 46.8 Å². The van der Waals surface area contributed by atoms with Gasteiger partial charge < -0.3 is 0 Å². The molecule has 2 nitrogen and oxygen atoms in total. The fraction of sp³-hybridized carbons (Fsp3) is 0.500. The SMILES string of the molecule is C=C(C)N(P)NC. The number of hydrazine groups is 1. The Morgan fingerprint density at radius 2 is 2.29 bits per heavy atom. The van der Waals surface area contributed by atoms with E-state index in [0.29, 0.717) is 0 Å². The van der Waals surface area contributed by atoms with Crippen LogP contribution in [0.25, 0.3) is 0 Å². The zero-order valence-electron chi connectivity index (χ0n) is 4.73. The van der Waals surface area contributed by atoms with Crippen LogP contribution in [0.3, 0.4) is 0 Å². The lowest BCUT2D eigenvalue weighted by molar-refractivity contribution is 0.473. The third-order valence-corrected chi connectivity index (χ3v) is 1.35. The van der Waals surface area contributed by atoms with Gasteiger partial charge in [0.05, 0.1) is 0 Å². The van der Waals surface area contributed by atoms with Gasteiger partial charge in [-0.1, -0.05) is 6.58 Å². The zero-order chi connectivity index (χ0) is 5.86. The van der Waals surface area contributed by atoms with Crippen LogP contribution in [0.4, 0.5) is 0 Å². The Bertz CT molecular complexity index is 72.1. The van der Waals surface area contributed by atoms with Crippen LogP contribution < -0.4 is 5.43 Å². The summed E-state index contributed by atoms with van der Waals surface area (Å²) in [5.41, 5.74) is 3.84. The standard InChI is InChI=1S/C4H11N2P/c1-4(2)6(7)5-3/h5H,1,7H2,2-3H3. The number of nitrogens with zero attached hydrogens (tertiary/aromatic N) is 1. The predicted octanol–water partition coefficient (Wildman–Crippen LogP) is 0.746. The maximum atomic E-state index is 3.67. The maximum absolute atomic E-state index is 3.67. The summed E-state index contributed by atoms with van der Waals surface area (Å²) in [4.78, 5) is 0. The van der Waals surface area contributed by atoms with Crippen LogP contribution in [0.2, 0.25) is 0 Å². The highest BCUT2D eigenvalue weighted by Gasteiger charge is 1.85. The molecule has 0 aliphatic rings. The second-order valence-corrected chi connectivity index (χ2v) is 1.85. The molecule has 1 atom stereocenters. The summed E-state index contributed by atoms with van der Waals surface area (Å²) in [6.07, 6.45) is 0. The number of hydrogen-bond donors (Lipinski definition) is 1. The van der Waals surface area contributed by atoms with Crippen LogP contribution in [0.1, 0.15) is 6.92 Å². The zero-order valence-corrected chi connectivity index (χ0v) is 5.89. The van der Waals surface area contributed by atoms with Crippen molar-refractivity contribution in [3.8, 4) is 0 Å². The number of rotatable bonds is 2. The molecule has 0 spiro atoms. The maximum Gasteiger partial charge on any atom is 0.0226 e. The molecule has 7 heavy (non-hydrogen) atoms.